The van der Waals surface area contributed by atoms with Gasteiger partial charge in [-0.05, 0) is 48.1 Å². The normalized spacial score (nSPS) is 13.8. The standard InChI is InChI=1S/C25H24N8/c1-32-22(9-12-27-32)29-25-26-11-8-21(28-25)20-10-13-33-23(30-31-24(33)16-20)15-17-4-2-7-19(14-17)18-5-3-6-18/h2,4,7-14,16,18H,3,5-6,15H2,1H3,(H,26,28,29). The van der Waals surface area contributed by atoms with Crippen molar-refractivity contribution >= 4 is 17.4 Å². The van der Waals surface area contributed by atoms with Crippen LogP contribution in [-0.2, 0) is 13.5 Å². The fraction of sp³-hybridized carbons (Fsp3) is 0.240. The molecule has 0 amide bonds. The Morgan fingerprint density at radius 1 is 1.03 bits per heavy atom. The van der Waals surface area contributed by atoms with Gasteiger partial charge in [-0.25, -0.2) is 9.97 Å². The van der Waals surface area contributed by atoms with Gasteiger partial charge in [0.2, 0.25) is 5.95 Å². The number of aromatic nitrogens is 7. The monoisotopic (exact) mass is 436 g/mol. The number of pyridine rings is 1. The Balaban J connectivity index is 1.25. The summed E-state index contributed by atoms with van der Waals surface area (Å²) in [5.41, 5.74) is 5.31. The number of anilines is 2. The van der Waals surface area contributed by atoms with Crippen LogP contribution in [0.25, 0.3) is 16.9 Å². The predicted molar refractivity (Wildman–Crippen MR) is 126 cm³/mol. The molecule has 8 nitrogen and oxygen atoms in total. The molecule has 4 aromatic heterocycles. The van der Waals surface area contributed by atoms with E-state index in [-0.39, 0.29) is 0 Å². The van der Waals surface area contributed by atoms with E-state index in [0.29, 0.717) is 5.95 Å². The minimum Gasteiger partial charge on any atom is -0.309 e. The van der Waals surface area contributed by atoms with E-state index in [9.17, 15) is 0 Å². The molecule has 1 saturated carbocycles. The summed E-state index contributed by atoms with van der Waals surface area (Å²) in [6, 6.07) is 16.7. The van der Waals surface area contributed by atoms with Crippen LogP contribution in [0.2, 0.25) is 0 Å². The van der Waals surface area contributed by atoms with Crippen molar-refractivity contribution in [2.75, 3.05) is 5.32 Å². The summed E-state index contributed by atoms with van der Waals surface area (Å²) >= 11 is 0. The van der Waals surface area contributed by atoms with E-state index in [2.05, 4.69) is 59.2 Å². The number of fused-ring (bicyclic) bond motifs is 1. The quantitative estimate of drug-likeness (QED) is 0.421. The number of nitrogens with zero attached hydrogens (tertiary/aromatic N) is 7. The zero-order chi connectivity index (χ0) is 22.2. The molecule has 4 heterocycles. The Hall–Kier alpha value is -4.07. The van der Waals surface area contributed by atoms with Gasteiger partial charge in [0.05, 0.1) is 11.9 Å². The second-order valence-electron chi connectivity index (χ2n) is 8.54. The third kappa shape index (κ3) is 3.84. The molecule has 0 unspecified atom stereocenters. The second kappa shape index (κ2) is 8.12. The van der Waals surface area contributed by atoms with E-state index < -0.39 is 0 Å². The first-order valence-electron chi connectivity index (χ1n) is 11.2. The minimum absolute atomic E-state index is 0.518. The number of rotatable bonds is 6. The first-order valence-corrected chi connectivity index (χ1v) is 11.2. The summed E-state index contributed by atoms with van der Waals surface area (Å²) in [6.45, 7) is 0. The third-order valence-electron chi connectivity index (χ3n) is 6.38. The molecule has 1 N–H and O–H groups in total. The van der Waals surface area contributed by atoms with Gasteiger partial charge in [-0.1, -0.05) is 30.7 Å². The molecule has 1 aliphatic rings. The van der Waals surface area contributed by atoms with Gasteiger partial charge in [0, 0.05) is 37.5 Å². The van der Waals surface area contributed by atoms with Crippen LogP contribution in [-0.4, -0.2) is 34.3 Å². The Labute approximate surface area is 191 Å². The molecule has 6 rings (SSSR count). The minimum atomic E-state index is 0.518. The maximum Gasteiger partial charge on any atom is 0.228 e. The molecule has 0 saturated heterocycles. The van der Waals surface area contributed by atoms with Crippen LogP contribution in [0.4, 0.5) is 11.8 Å². The Kier molecular flexibility index (Phi) is 4.83. The number of aryl methyl sites for hydroxylation is 1. The van der Waals surface area contributed by atoms with Crippen molar-refractivity contribution in [3.63, 3.8) is 0 Å². The van der Waals surface area contributed by atoms with Gasteiger partial charge in [0.1, 0.15) is 11.6 Å². The summed E-state index contributed by atoms with van der Waals surface area (Å²) < 4.78 is 3.79. The van der Waals surface area contributed by atoms with Crippen LogP contribution in [0.3, 0.4) is 0 Å². The van der Waals surface area contributed by atoms with E-state index in [1.807, 2.05) is 37.5 Å². The highest BCUT2D eigenvalue weighted by Gasteiger charge is 2.19. The lowest BCUT2D eigenvalue weighted by Gasteiger charge is -2.26. The molecule has 1 aliphatic carbocycles. The predicted octanol–water partition coefficient (Wildman–Crippen LogP) is 4.52. The molecule has 0 atom stereocenters. The SMILES string of the molecule is Cn1nccc1Nc1nccc(-c2ccn3c(Cc4cccc(C5CCC5)c4)nnc3c2)n1. The molecule has 164 valence electrons. The Morgan fingerprint density at radius 3 is 2.79 bits per heavy atom. The molecule has 0 aliphatic heterocycles. The first-order chi connectivity index (χ1) is 16.2. The van der Waals surface area contributed by atoms with Crippen molar-refractivity contribution in [1.29, 1.82) is 0 Å². The van der Waals surface area contributed by atoms with Crippen LogP contribution in [0.15, 0.2) is 67.1 Å². The smallest absolute Gasteiger partial charge is 0.228 e. The summed E-state index contributed by atoms with van der Waals surface area (Å²) in [6.07, 6.45) is 10.2. The lowest BCUT2D eigenvalue weighted by atomic mass is 9.79. The van der Waals surface area contributed by atoms with Crippen LogP contribution in [0.1, 0.15) is 42.1 Å². The van der Waals surface area contributed by atoms with Crippen molar-refractivity contribution in [2.24, 2.45) is 7.05 Å². The fourth-order valence-electron chi connectivity index (χ4n) is 4.29. The van der Waals surface area contributed by atoms with E-state index in [0.717, 1.165) is 40.9 Å². The Bertz CT molecular complexity index is 1430. The molecule has 5 aromatic rings. The lowest BCUT2D eigenvalue weighted by molar-refractivity contribution is 0.419. The topological polar surface area (TPSA) is 85.8 Å². The highest BCUT2D eigenvalue weighted by Crippen LogP contribution is 2.36. The molecule has 0 radical (unpaired) electrons. The molecular formula is C25H24N8. The Morgan fingerprint density at radius 2 is 1.97 bits per heavy atom. The highest BCUT2D eigenvalue weighted by atomic mass is 15.3. The van der Waals surface area contributed by atoms with Gasteiger partial charge in [-0.2, -0.15) is 5.10 Å². The fourth-order valence-corrected chi connectivity index (χ4v) is 4.29. The van der Waals surface area contributed by atoms with Gasteiger partial charge in [-0.3, -0.25) is 9.08 Å². The number of hydrogen-bond acceptors (Lipinski definition) is 6. The third-order valence-corrected chi connectivity index (χ3v) is 6.38. The summed E-state index contributed by atoms with van der Waals surface area (Å²) in [4.78, 5) is 8.99. The zero-order valence-corrected chi connectivity index (χ0v) is 18.4. The van der Waals surface area contributed by atoms with Crippen molar-refractivity contribution in [3.05, 3.63) is 84.1 Å². The van der Waals surface area contributed by atoms with E-state index >= 15 is 0 Å². The molecule has 1 fully saturated rings. The van der Waals surface area contributed by atoms with Gasteiger partial charge >= 0.3 is 0 Å². The highest BCUT2D eigenvalue weighted by molar-refractivity contribution is 5.65. The summed E-state index contributed by atoms with van der Waals surface area (Å²) in [5.74, 6) is 3.01. The number of hydrogen-bond donors (Lipinski definition) is 1. The first kappa shape index (κ1) is 19.6. The van der Waals surface area contributed by atoms with Crippen molar-refractivity contribution in [2.45, 2.75) is 31.6 Å². The van der Waals surface area contributed by atoms with Gasteiger partial charge in [-0.15, -0.1) is 10.2 Å². The van der Waals surface area contributed by atoms with Crippen LogP contribution < -0.4 is 5.32 Å². The summed E-state index contributed by atoms with van der Waals surface area (Å²) in [5, 5.41) is 16.3. The van der Waals surface area contributed by atoms with Crippen LogP contribution in [0.5, 0.6) is 0 Å². The average Bonchev–Trinajstić information content (AvgIpc) is 3.39. The van der Waals surface area contributed by atoms with Crippen LogP contribution >= 0.6 is 0 Å². The van der Waals surface area contributed by atoms with Crippen molar-refractivity contribution < 1.29 is 0 Å². The maximum absolute atomic E-state index is 4.66. The number of benzene rings is 1. The van der Waals surface area contributed by atoms with Crippen LogP contribution in [0, 0.1) is 0 Å². The molecule has 33 heavy (non-hydrogen) atoms. The van der Waals surface area contributed by atoms with Gasteiger partial charge < -0.3 is 5.32 Å². The largest absolute Gasteiger partial charge is 0.309 e. The average molecular weight is 437 g/mol. The van der Waals surface area contributed by atoms with Crippen molar-refractivity contribution in [1.82, 2.24) is 34.3 Å². The maximum atomic E-state index is 4.66. The molecule has 1 aromatic carbocycles. The molecular weight excluding hydrogens is 412 g/mol. The van der Waals surface area contributed by atoms with Crippen molar-refractivity contribution in [3.8, 4) is 11.3 Å². The van der Waals surface area contributed by atoms with Gasteiger partial charge in [0.25, 0.3) is 0 Å². The van der Waals surface area contributed by atoms with Gasteiger partial charge in [0.15, 0.2) is 5.65 Å². The zero-order valence-electron chi connectivity index (χ0n) is 18.4. The second-order valence-corrected chi connectivity index (χ2v) is 8.54. The lowest BCUT2D eigenvalue weighted by Crippen LogP contribution is -2.09. The van der Waals surface area contributed by atoms with E-state index in [4.69, 9.17) is 0 Å². The van der Waals surface area contributed by atoms with E-state index in [1.54, 1.807) is 17.1 Å². The molecule has 0 bridgehead atoms. The summed E-state index contributed by atoms with van der Waals surface area (Å²) in [7, 11) is 1.87. The molecule has 8 heteroatoms. The van der Waals surface area contributed by atoms with E-state index in [1.165, 1.54) is 30.4 Å². The number of nitrogens with one attached hydrogen (secondary N) is 1. The molecule has 0 spiro atoms.